The lowest BCUT2D eigenvalue weighted by Gasteiger charge is -2.29. The number of carbonyl (C=O) groups is 5. The van der Waals surface area contributed by atoms with Gasteiger partial charge in [-0.25, -0.2) is 59.8 Å². The molecule has 12 aromatic heterocycles. The fourth-order valence-electron chi connectivity index (χ4n) is 13.7. The normalized spacial score (nSPS) is 18.6. The van der Waals surface area contributed by atoms with Crippen LogP contribution in [0.1, 0.15) is 75.3 Å². The first-order chi connectivity index (χ1) is 57.1. The molecule has 0 unspecified atom stereocenters. The summed E-state index contributed by atoms with van der Waals surface area (Å²) in [6.45, 7) is 4.88. The molecule has 13 N–H and O–H groups in total. The molecule has 0 aromatic carbocycles. The van der Waals surface area contributed by atoms with Crippen LogP contribution in [0.15, 0.2) is 117 Å². The number of rotatable bonds is 19. The lowest BCUT2D eigenvalue weighted by atomic mass is 9.97. The van der Waals surface area contributed by atoms with Crippen molar-refractivity contribution in [2.75, 3.05) is 59.3 Å². The molecule has 15 rings (SSSR count). The number of hydrogen-bond donors (Lipinski definition) is 12. The molecule has 15 heterocycles. The standard InChI is InChI=1S/C20H20ClF3N6O2.C19H17ClF3N7O2.C19H18ClF3N6O2.C17H18Cl2N6O.6H2/c1-2-19(32)6-14(18(31)28-9-20(22,23)24)30(10-19)15-3-4-25-17(29-15)13-8-27-16-12(13)5-11(21)7-26-16;20-9-5-10-11(7-27-16(10)26-6-9)17-25-4-3-14(29-17)30-12(15(24)31)1-2-13(30)18(32)28-8-19(21,22)23;1-18(31)5-13(17(30)27-8-19(21,22)23)29(9-18)14-2-3-24-16(28-14)12-7-26-15-11(12)4-10(20)6-25-15;1-4-20-16(26)17(2,3)25-15-12(19)8-23-14(24-15)11-7-22-13-10(11)5-9(18)6-21-13;;;;;;/h3-5,7-8,14,32H,2,6,9-10H2,1H3,(H,26,27)(H,28,31);3-7,12-13H,1-2,8H2,(H2,24,31)(H,26,27)(H,28,32);2-4,6-7,13,31H,5,8-9H2,1H3,(H,25,26)(H,27,30);5-8H,4H2,1-3H3,(H,20,26)(H,21,22)(H,23,24,25);6*1H/t14-,19-;12-,13+;13-,18-;;;;;;;/m101......./s1. The molecular formula is C75H85Cl5F9N25O7. The van der Waals surface area contributed by atoms with Crippen LogP contribution < -0.4 is 47.0 Å². The van der Waals surface area contributed by atoms with E-state index < -0.39 is 103 Å². The van der Waals surface area contributed by atoms with Crippen molar-refractivity contribution in [3.8, 4) is 45.6 Å². The van der Waals surface area contributed by atoms with Gasteiger partial charge in [0.2, 0.25) is 29.5 Å². The van der Waals surface area contributed by atoms with Crippen molar-refractivity contribution in [1.82, 2.24) is 101 Å². The summed E-state index contributed by atoms with van der Waals surface area (Å²) in [7, 11) is 0. The topological polar surface area (TPSA) is 440 Å². The Bertz CT molecular complexity index is 5870. The Kier molecular flexibility index (Phi) is 26.4. The SMILES string of the molecule is CCNC(=O)C(C)(C)Nc1nc(-c2c[nH]c3ncc(Cl)cc23)ncc1Cl.CC[C@@]1(O)C[C@H](C(=O)NCC(F)(F)F)N(c2ccnc(-c3c[nH]c4ncc(Cl)cc34)n2)C1.C[C@@]1(O)C[C@H](C(=O)NCC(F)(F)F)N(c2ccnc(-c3c[nH]c4ncc(Cl)cc34)n2)C1.NC(=O)[C@@H]1CC[C@H](C(=O)NCC(F)(F)F)N1c1ccnc(-c2c[nH]c3ncc(Cl)cc23)n1.[HH].[HH].[HH].[HH].[HH].[HH]. The number of hydrogen-bond acceptors (Lipinski definition) is 23. The van der Waals surface area contributed by atoms with Gasteiger partial charge < -0.3 is 77.2 Å². The van der Waals surface area contributed by atoms with E-state index in [1.165, 1.54) is 77.1 Å². The average Bonchev–Trinajstić information content (AvgIpc) is 1.64. The van der Waals surface area contributed by atoms with Gasteiger partial charge in [-0.2, -0.15) is 39.5 Å². The van der Waals surface area contributed by atoms with Crippen LogP contribution in [0.5, 0.6) is 0 Å². The van der Waals surface area contributed by atoms with Crippen molar-refractivity contribution in [3.63, 3.8) is 0 Å². The Morgan fingerprint density at radius 2 is 0.868 bits per heavy atom. The third kappa shape index (κ3) is 21.4. The average molecular weight is 1800 g/mol. The maximum absolute atomic E-state index is 12.6. The van der Waals surface area contributed by atoms with E-state index in [4.69, 9.17) is 63.7 Å². The fraction of sp³-hybridized carbons (Fsp3) is 0.347. The number of nitrogens with one attached hydrogen (secondary N) is 9. The number of aromatic amines is 4. The van der Waals surface area contributed by atoms with Crippen molar-refractivity contribution in [2.45, 2.75) is 126 Å². The molecular weight excluding hydrogens is 1710 g/mol. The van der Waals surface area contributed by atoms with E-state index in [2.05, 4.69) is 90.4 Å². The molecule has 32 nitrogen and oxygen atoms in total. The highest BCUT2D eigenvalue weighted by molar-refractivity contribution is 6.33. The van der Waals surface area contributed by atoms with Crippen LogP contribution in [0, 0.1) is 0 Å². The summed E-state index contributed by atoms with van der Waals surface area (Å²) in [5, 5.41) is 37.8. The number of nitrogens with zero attached hydrogens (tertiary/aromatic N) is 15. The molecule has 0 saturated carbocycles. The van der Waals surface area contributed by atoms with Gasteiger partial charge in [-0.15, -0.1) is 0 Å². The predicted octanol–water partition coefficient (Wildman–Crippen LogP) is 13.1. The van der Waals surface area contributed by atoms with Gasteiger partial charge in [0, 0.05) is 153 Å². The zero-order valence-corrected chi connectivity index (χ0v) is 67.8. The Morgan fingerprint density at radius 1 is 0.504 bits per heavy atom. The maximum Gasteiger partial charge on any atom is 0.405 e. The molecule has 650 valence electrons. The van der Waals surface area contributed by atoms with Gasteiger partial charge in [-0.05, 0) is 89.4 Å². The summed E-state index contributed by atoms with van der Waals surface area (Å²) >= 11 is 30.4. The number of fused-ring (bicyclic) bond motifs is 4. The Hall–Kier alpha value is -11.6. The minimum absolute atomic E-state index is 0. The molecule has 6 atom stereocenters. The van der Waals surface area contributed by atoms with E-state index in [-0.39, 0.29) is 64.9 Å². The van der Waals surface area contributed by atoms with Gasteiger partial charge in [0.05, 0.1) is 37.5 Å². The number of anilines is 4. The summed E-state index contributed by atoms with van der Waals surface area (Å²) in [5.74, 6) is -0.879. The number of alkyl halides is 9. The van der Waals surface area contributed by atoms with E-state index in [0.717, 1.165) is 10.9 Å². The van der Waals surface area contributed by atoms with Gasteiger partial charge in [0.15, 0.2) is 23.3 Å². The van der Waals surface area contributed by atoms with E-state index in [1.807, 2.05) is 22.9 Å². The predicted molar refractivity (Wildman–Crippen MR) is 446 cm³/mol. The Balaban J connectivity index is 0.000000258. The Labute approximate surface area is 713 Å². The number of aromatic nitrogens is 16. The minimum Gasteiger partial charge on any atom is -0.388 e. The number of aliphatic hydroxyl groups is 2. The number of β-amino-alcohol motifs (C(OH)–C–C–N with tert-alkyl or cyclic N) is 2. The first-order valence-electron chi connectivity index (χ1n) is 36.8. The van der Waals surface area contributed by atoms with Gasteiger partial charge in [0.25, 0.3) is 0 Å². The van der Waals surface area contributed by atoms with Crippen LogP contribution in [0.2, 0.25) is 25.1 Å². The minimum atomic E-state index is -4.56. The third-order valence-corrected chi connectivity index (χ3v) is 20.5. The second-order valence-corrected chi connectivity index (χ2v) is 31.1. The van der Waals surface area contributed by atoms with Gasteiger partial charge in [0.1, 0.15) is 100 Å². The van der Waals surface area contributed by atoms with Crippen LogP contribution in [0.3, 0.4) is 0 Å². The van der Waals surface area contributed by atoms with E-state index in [0.29, 0.717) is 128 Å². The second-order valence-electron chi connectivity index (χ2n) is 28.9. The molecule has 0 radical (unpaired) electrons. The summed E-state index contributed by atoms with van der Waals surface area (Å²) in [4.78, 5) is 130. The molecule has 0 bridgehead atoms. The number of carbonyl (C=O) groups excluding carboxylic acids is 5. The number of amides is 5. The van der Waals surface area contributed by atoms with E-state index >= 15 is 0 Å². The lowest BCUT2D eigenvalue weighted by Crippen LogP contribution is -2.51. The summed E-state index contributed by atoms with van der Waals surface area (Å²) in [6.07, 6.45) is 5.66. The molecule has 3 fully saturated rings. The van der Waals surface area contributed by atoms with Crippen LogP contribution >= 0.6 is 58.0 Å². The van der Waals surface area contributed by atoms with Crippen molar-refractivity contribution >= 4 is 155 Å². The van der Waals surface area contributed by atoms with Gasteiger partial charge in [-0.1, -0.05) is 64.9 Å². The molecule has 5 amide bonds. The molecule has 12 aromatic rings. The summed E-state index contributed by atoms with van der Waals surface area (Å²) in [6, 6.07) is 7.47. The molecule has 0 aliphatic carbocycles. The van der Waals surface area contributed by atoms with Gasteiger partial charge >= 0.3 is 18.5 Å². The molecule has 3 aliphatic rings. The molecule has 3 aliphatic heterocycles. The van der Waals surface area contributed by atoms with Crippen LogP contribution in [-0.2, 0) is 24.0 Å². The van der Waals surface area contributed by atoms with Crippen LogP contribution in [0.25, 0.3) is 89.7 Å². The molecule has 3 saturated heterocycles. The number of likely N-dealkylation sites (N-methyl/N-ethyl adjacent to an activating group) is 1. The van der Waals surface area contributed by atoms with Crippen molar-refractivity contribution < 1.29 is 82.3 Å². The summed E-state index contributed by atoms with van der Waals surface area (Å²) < 4.78 is 113. The summed E-state index contributed by atoms with van der Waals surface area (Å²) in [5.41, 5.74) is 7.06. The quantitative estimate of drug-likeness (QED) is 0.0335. The third-order valence-electron chi connectivity index (χ3n) is 19.4. The first kappa shape index (κ1) is 88.7. The highest BCUT2D eigenvalue weighted by Gasteiger charge is 2.48. The van der Waals surface area contributed by atoms with E-state index in [1.54, 1.807) is 82.1 Å². The number of nitrogens with two attached hydrogens (primary N) is 1. The van der Waals surface area contributed by atoms with Gasteiger partial charge in [-0.3, -0.25) is 24.0 Å². The second kappa shape index (κ2) is 36.0. The zero-order chi connectivity index (χ0) is 87.4. The molecule has 0 spiro atoms. The molecule has 121 heavy (non-hydrogen) atoms. The van der Waals surface area contributed by atoms with Crippen molar-refractivity contribution in [2.24, 2.45) is 5.73 Å². The highest BCUT2D eigenvalue weighted by Crippen LogP contribution is 2.40. The molecule has 46 heteroatoms. The highest BCUT2D eigenvalue weighted by atomic mass is 35.5. The Morgan fingerprint density at radius 3 is 1.26 bits per heavy atom. The van der Waals surface area contributed by atoms with E-state index in [9.17, 15) is 73.7 Å². The number of H-pyrrole nitrogens is 4. The smallest absolute Gasteiger partial charge is 0.388 e. The van der Waals surface area contributed by atoms with Crippen LogP contribution in [-0.4, -0.2) is 218 Å². The maximum atomic E-state index is 12.6. The first-order valence-corrected chi connectivity index (χ1v) is 38.6. The zero-order valence-electron chi connectivity index (χ0n) is 64.1. The fourth-order valence-corrected chi connectivity index (χ4v) is 14.5. The monoisotopic (exact) mass is 1790 g/mol. The number of pyridine rings is 4. The van der Waals surface area contributed by atoms with Crippen molar-refractivity contribution in [3.05, 3.63) is 142 Å². The van der Waals surface area contributed by atoms with Crippen molar-refractivity contribution in [1.29, 1.82) is 0 Å². The lowest BCUT2D eigenvalue weighted by molar-refractivity contribution is -0.139. The number of halogens is 14. The number of primary amides is 1. The van der Waals surface area contributed by atoms with Crippen LogP contribution in [0.4, 0.5) is 62.8 Å². The largest absolute Gasteiger partial charge is 0.405 e.